The van der Waals surface area contributed by atoms with E-state index in [4.69, 9.17) is 23.2 Å². The van der Waals surface area contributed by atoms with Crippen LogP contribution in [-0.2, 0) is 6.54 Å². The number of rotatable bonds is 4. The number of nitrogens with zero attached hydrogens (tertiary/aromatic N) is 3. The molecule has 2 aliphatic rings. The van der Waals surface area contributed by atoms with Crippen molar-refractivity contribution in [2.45, 2.75) is 38.0 Å². The third-order valence-electron chi connectivity index (χ3n) is 6.36. The highest BCUT2D eigenvalue weighted by molar-refractivity contribution is 9.10. The Hall–Kier alpha value is -1.90. The molecule has 1 fully saturated rings. The fourth-order valence-electron chi connectivity index (χ4n) is 4.73. The van der Waals surface area contributed by atoms with Gasteiger partial charge in [-0.15, -0.1) is 0 Å². The van der Waals surface area contributed by atoms with Crippen LogP contribution < -0.4 is 5.32 Å². The number of aliphatic hydroxyl groups excluding tert-OH is 1. The van der Waals surface area contributed by atoms with Crippen molar-refractivity contribution < 1.29 is 9.90 Å². The molecular formula is C24H23BrCl2N4O2. The standard InChI is InChI=1S/C24H23BrCl2N4O2/c25-17-6-1-4-15(22(17)26)16-5-2-7-18(23(16)27)28-24(33)19-12-21-20(8-3-10-31(21)29-19)30-11-9-14(32)13-30/h1-2,4-7,12,14,20,32H,3,8-11,13H2,(H,28,33)/t14-,20?/m1/s1. The van der Waals surface area contributed by atoms with E-state index < -0.39 is 0 Å². The Balaban J connectivity index is 1.40. The maximum atomic E-state index is 13.1. The number of amides is 1. The van der Waals surface area contributed by atoms with Gasteiger partial charge in [-0.25, -0.2) is 0 Å². The number of carbonyl (C=O) groups excluding carboxylic acids is 1. The number of aromatic nitrogens is 2. The summed E-state index contributed by atoms with van der Waals surface area (Å²) in [5.41, 5.74) is 3.40. The van der Waals surface area contributed by atoms with E-state index >= 15 is 0 Å². The highest BCUT2D eigenvalue weighted by atomic mass is 79.9. The normalized spacial score (nSPS) is 20.6. The molecule has 2 atom stereocenters. The fourth-order valence-corrected chi connectivity index (χ4v) is 5.60. The Bertz CT molecular complexity index is 1220. The van der Waals surface area contributed by atoms with Gasteiger partial charge in [-0.3, -0.25) is 14.4 Å². The molecule has 0 bridgehead atoms. The zero-order valence-corrected chi connectivity index (χ0v) is 20.9. The van der Waals surface area contributed by atoms with Crippen LogP contribution in [0.25, 0.3) is 11.1 Å². The number of nitrogens with one attached hydrogen (secondary N) is 1. The van der Waals surface area contributed by atoms with Gasteiger partial charge in [0, 0.05) is 35.2 Å². The molecule has 0 saturated carbocycles. The van der Waals surface area contributed by atoms with Gasteiger partial charge in [-0.05, 0) is 53.4 Å². The molecule has 6 nitrogen and oxygen atoms in total. The van der Waals surface area contributed by atoms with Gasteiger partial charge in [0.15, 0.2) is 5.69 Å². The van der Waals surface area contributed by atoms with Crippen molar-refractivity contribution in [3.8, 4) is 11.1 Å². The molecule has 1 amide bonds. The number of benzene rings is 2. The van der Waals surface area contributed by atoms with Gasteiger partial charge in [0.2, 0.25) is 0 Å². The second-order valence-corrected chi connectivity index (χ2v) is 10.1. The zero-order chi connectivity index (χ0) is 23.1. The van der Waals surface area contributed by atoms with Crippen molar-refractivity contribution >= 4 is 50.7 Å². The highest BCUT2D eigenvalue weighted by Crippen LogP contribution is 2.40. The number of fused-ring (bicyclic) bond motifs is 1. The largest absolute Gasteiger partial charge is 0.392 e. The van der Waals surface area contributed by atoms with Gasteiger partial charge in [0.25, 0.3) is 5.91 Å². The Morgan fingerprint density at radius 3 is 2.61 bits per heavy atom. The number of halogens is 3. The average molecular weight is 550 g/mol. The maximum Gasteiger partial charge on any atom is 0.276 e. The van der Waals surface area contributed by atoms with Crippen molar-refractivity contribution in [3.63, 3.8) is 0 Å². The number of anilines is 1. The van der Waals surface area contributed by atoms with Crippen LogP contribution in [0.3, 0.4) is 0 Å². The van der Waals surface area contributed by atoms with Gasteiger partial charge < -0.3 is 10.4 Å². The van der Waals surface area contributed by atoms with Gasteiger partial charge in [0.1, 0.15) is 0 Å². The molecule has 1 saturated heterocycles. The molecular weight excluding hydrogens is 527 g/mol. The molecule has 1 unspecified atom stereocenters. The topological polar surface area (TPSA) is 70.4 Å². The molecule has 172 valence electrons. The van der Waals surface area contributed by atoms with Gasteiger partial charge in [0.05, 0.1) is 33.6 Å². The molecule has 0 spiro atoms. The van der Waals surface area contributed by atoms with E-state index in [1.165, 1.54) is 0 Å². The van der Waals surface area contributed by atoms with Crippen molar-refractivity contribution in [2.24, 2.45) is 0 Å². The van der Waals surface area contributed by atoms with Crippen molar-refractivity contribution in [3.05, 3.63) is 68.4 Å². The Labute approximate surface area is 210 Å². The molecule has 2 aliphatic heterocycles. The summed E-state index contributed by atoms with van der Waals surface area (Å²) in [5, 5.41) is 18.4. The van der Waals surface area contributed by atoms with Crippen molar-refractivity contribution in [1.82, 2.24) is 14.7 Å². The third kappa shape index (κ3) is 4.45. The summed E-state index contributed by atoms with van der Waals surface area (Å²) in [6, 6.07) is 13.2. The Kier molecular flexibility index (Phi) is 6.51. The molecule has 9 heteroatoms. The first kappa shape index (κ1) is 22.9. The first-order valence-corrected chi connectivity index (χ1v) is 12.5. The predicted octanol–water partition coefficient (Wildman–Crippen LogP) is 5.77. The Morgan fingerprint density at radius 2 is 1.85 bits per heavy atom. The first-order valence-electron chi connectivity index (χ1n) is 11.0. The number of β-amino-alcohol motifs (C(OH)–C–C–N with tert-alkyl or cyclic N) is 1. The molecule has 0 radical (unpaired) electrons. The van der Waals surface area contributed by atoms with Crippen molar-refractivity contribution in [2.75, 3.05) is 18.4 Å². The highest BCUT2D eigenvalue weighted by Gasteiger charge is 2.33. The molecule has 3 heterocycles. The number of hydrogen-bond donors (Lipinski definition) is 2. The van der Waals surface area contributed by atoms with Crippen LogP contribution in [0.4, 0.5) is 5.69 Å². The predicted molar refractivity (Wildman–Crippen MR) is 134 cm³/mol. The summed E-state index contributed by atoms with van der Waals surface area (Å²) in [4.78, 5) is 15.4. The summed E-state index contributed by atoms with van der Waals surface area (Å²) >= 11 is 16.6. The van der Waals surface area contributed by atoms with E-state index in [2.05, 4.69) is 31.2 Å². The third-order valence-corrected chi connectivity index (χ3v) is 8.06. The van der Waals surface area contributed by atoms with Crippen LogP contribution in [0.5, 0.6) is 0 Å². The van der Waals surface area contributed by atoms with E-state index in [0.29, 0.717) is 28.0 Å². The van der Waals surface area contributed by atoms with Gasteiger partial charge >= 0.3 is 0 Å². The molecule has 1 aromatic heterocycles. The Morgan fingerprint density at radius 1 is 1.09 bits per heavy atom. The maximum absolute atomic E-state index is 13.1. The number of carbonyl (C=O) groups is 1. The summed E-state index contributed by atoms with van der Waals surface area (Å²) < 4.78 is 2.70. The molecule has 2 aromatic carbocycles. The number of hydrogen-bond acceptors (Lipinski definition) is 4. The molecule has 2 N–H and O–H groups in total. The minimum atomic E-state index is -0.309. The van der Waals surface area contributed by atoms with E-state index in [-0.39, 0.29) is 18.1 Å². The van der Waals surface area contributed by atoms with Gasteiger partial charge in [-0.1, -0.05) is 47.5 Å². The zero-order valence-electron chi connectivity index (χ0n) is 17.8. The van der Waals surface area contributed by atoms with Crippen LogP contribution in [0.15, 0.2) is 46.9 Å². The number of aryl methyl sites for hydroxylation is 1. The first-order chi connectivity index (χ1) is 15.9. The van der Waals surface area contributed by atoms with Gasteiger partial charge in [-0.2, -0.15) is 5.10 Å². The summed E-state index contributed by atoms with van der Waals surface area (Å²) in [5.74, 6) is -0.309. The lowest BCUT2D eigenvalue weighted by Crippen LogP contribution is -2.32. The number of likely N-dealkylation sites (tertiary alicyclic amines) is 1. The average Bonchev–Trinajstić information content (AvgIpc) is 3.43. The minimum Gasteiger partial charge on any atom is -0.392 e. The van der Waals surface area contributed by atoms with E-state index in [9.17, 15) is 9.90 Å². The van der Waals surface area contributed by atoms with Crippen LogP contribution >= 0.6 is 39.1 Å². The lowest BCUT2D eigenvalue weighted by Gasteiger charge is -2.31. The summed E-state index contributed by atoms with van der Waals surface area (Å²) in [6.07, 6.45) is 2.50. The van der Waals surface area contributed by atoms with Crippen LogP contribution in [0.2, 0.25) is 10.0 Å². The summed E-state index contributed by atoms with van der Waals surface area (Å²) in [6.45, 7) is 2.31. The van der Waals surface area contributed by atoms with E-state index in [1.54, 1.807) is 6.07 Å². The lowest BCUT2D eigenvalue weighted by atomic mass is 10.0. The SMILES string of the molecule is O=C(Nc1cccc(-c2cccc(Br)c2Cl)c1Cl)c1cc2n(n1)CCCC2N1CC[C@@H](O)C1. The second kappa shape index (κ2) is 9.39. The molecule has 0 aliphatic carbocycles. The molecule has 5 rings (SSSR count). The fraction of sp³-hybridized carbons (Fsp3) is 0.333. The number of aliphatic hydroxyl groups is 1. The molecule has 3 aromatic rings. The lowest BCUT2D eigenvalue weighted by molar-refractivity contribution is 0.102. The monoisotopic (exact) mass is 548 g/mol. The van der Waals surface area contributed by atoms with Crippen LogP contribution in [0.1, 0.15) is 41.5 Å². The summed E-state index contributed by atoms with van der Waals surface area (Å²) in [7, 11) is 0. The van der Waals surface area contributed by atoms with Crippen LogP contribution in [0, 0.1) is 0 Å². The van der Waals surface area contributed by atoms with Crippen LogP contribution in [-0.4, -0.2) is 44.9 Å². The second-order valence-electron chi connectivity index (χ2n) is 8.50. The molecule has 33 heavy (non-hydrogen) atoms. The smallest absolute Gasteiger partial charge is 0.276 e. The van der Waals surface area contributed by atoms with E-state index in [0.717, 1.165) is 53.6 Å². The quantitative estimate of drug-likeness (QED) is 0.433. The minimum absolute atomic E-state index is 0.176. The van der Waals surface area contributed by atoms with Crippen molar-refractivity contribution in [1.29, 1.82) is 0 Å². The van der Waals surface area contributed by atoms with E-state index in [1.807, 2.05) is 41.1 Å².